The number of rotatable bonds is 5. The van der Waals surface area contributed by atoms with Crippen LogP contribution in [-0.2, 0) is 4.74 Å². The van der Waals surface area contributed by atoms with Crippen LogP contribution in [0.15, 0.2) is 24.3 Å². The molecule has 2 nitrogen and oxygen atoms in total. The molecule has 82 valence electrons. The summed E-state index contributed by atoms with van der Waals surface area (Å²) < 4.78 is 5.09. The highest BCUT2D eigenvalue weighted by Gasteiger charge is 2.05. The zero-order chi connectivity index (χ0) is 11.1. The first kappa shape index (κ1) is 12.1. The van der Waals surface area contributed by atoms with Crippen LogP contribution in [0, 0.1) is 0 Å². The van der Waals surface area contributed by atoms with E-state index < -0.39 is 0 Å². The third kappa shape index (κ3) is 4.34. The summed E-state index contributed by atoms with van der Waals surface area (Å²) >= 11 is 5.71. The summed E-state index contributed by atoms with van der Waals surface area (Å²) in [5.41, 5.74) is 0.552. The van der Waals surface area contributed by atoms with E-state index in [9.17, 15) is 4.79 Å². The van der Waals surface area contributed by atoms with Crippen LogP contribution in [0.3, 0.4) is 0 Å². The van der Waals surface area contributed by atoms with Crippen molar-refractivity contribution < 1.29 is 9.53 Å². The molecule has 0 N–H and O–H groups in total. The molecule has 0 spiro atoms. The van der Waals surface area contributed by atoms with Crippen molar-refractivity contribution in [1.29, 1.82) is 0 Å². The fourth-order valence-corrected chi connectivity index (χ4v) is 1.31. The van der Waals surface area contributed by atoms with Gasteiger partial charge in [0.1, 0.15) is 0 Å². The second-order valence-corrected chi connectivity index (χ2v) is 3.79. The van der Waals surface area contributed by atoms with Gasteiger partial charge < -0.3 is 4.74 Å². The fraction of sp³-hybridized carbons (Fsp3) is 0.417. The van der Waals surface area contributed by atoms with Gasteiger partial charge in [-0.05, 0) is 30.7 Å². The van der Waals surface area contributed by atoms with Gasteiger partial charge in [0.25, 0.3) is 0 Å². The SMILES string of the molecule is CCCCCOC(=O)c1ccc(Cl)cc1. The van der Waals surface area contributed by atoms with Crippen LogP contribution >= 0.6 is 11.6 Å². The van der Waals surface area contributed by atoms with E-state index in [2.05, 4.69) is 6.92 Å². The molecule has 0 unspecified atom stereocenters. The van der Waals surface area contributed by atoms with Crippen molar-refractivity contribution >= 4 is 17.6 Å². The number of halogens is 1. The minimum absolute atomic E-state index is 0.275. The van der Waals surface area contributed by atoms with Crippen LogP contribution < -0.4 is 0 Å². The molecule has 0 aliphatic rings. The first-order valence-electron chi connectivity index (χ1n) is 5.16. The Hall–Kier alpha value is -1.02. The van der Waals surface area contributed by atoms with Crippen LogP contribution in [0.1, 0.15) is 36.5 Å². The summed E-state index contributed by atoms with van der Waals surface area (Å²) in [4.78, 5) is 11.5. The highest BCUT2D eigenvalue weighted by molar-refractivity contribution is 6.30. The predicted octanol–water partition coefficient (Wildman–Crippen LogP) is 3.69. The molecule has 0 aliphatic carbocycles. The van der Waals surface area contributed by atoms with E-state index >= 15 is 0 Å². The third-order valence-electron chi connectivity index (χ3n) is 2.06. The average molecular weight is 227 g/mol. The van der Waals surface area contributed by atoms with Gasteiger partial charge in [0.05, 0.1) is 12.2 Å². The quantitative estimate of drug-likeness (QED) is 0.566. The van der Waals surface area contributed by atoms with E-state index in [1.54, 1.807) is 24.3 Å². The summed E-state index contributed by atoms with van der Waals surface area (Å²) in [6.07, 6.45) is 3.14. The van der Waals surface area contributed by atoms with Crippen molar-refractivity contribution in [1.82, 2.24) is 0 Å². The Bertz CT molecular complexity index is 306. The molecule has 0 heterocycles. The molecular formula is C12H15ClO2. The molecule has 15 heavy (non-hydrogen) atoms. The monoisotopic (exact) mass is 226 g/mol. The van der Waals surface area contributed by atoms with Gasteiger partial charge in [0.15, 0.2) is 0 Å². The topological polar surface area (TPSA) is 26.3 Å². The van der Waals surface area contributed by atoms with Crippen molar-refractivity contribution in [3.05, 3.63) is 34.9 Å². The maximum atomic E-state index is 11.5. The fourth-order valence-electron chi connectivity index (χ4n) is 1.19. The van der Waals surface area contributed by atoms with Gasteiger partial charge in [-0.25, -0.2) is 4.79 Å². The van der Waals surface area contributed by atoms with Crippen LogP contribution in [0.25, 0.3) is 0 Å². The first-order valence-corrected chi connectivity index (χ1v) is 5.54. The molecule has 1 rings (SSSR count). The molecule has 0 aromatic heterocycles. The van der Waals surface area contributed by atoms with Crippen LogP contribution in [0.4, 0.5) is 0 Å². The van der Waals surface area contributed by atoms with Crippen molar-refractivity contribution in [2.45, 2.75) is 26.2 Å². The number of hydrogen-bond acceptors (Lipinski definition) is 2. The second kappa shape index (κ2) is 6.46. The predicted molar refractivity (Wildman–Crippen MR) is 61.3 cm³/mol. The summed E-state index contributed by atoms with van der Waals surface area (Å²) in [7, 11) is 0. The molecule has 0 aliphatic heterocycles. The third-order valence-corrected chi connectivity index (χ3v) is 2.31. The Morgan fingerprint density at radius 2 is 1.93 bits per heavy atom. The van der Waals surface area contributed by atoms with Crippen LogP contribution in [0.5, 0.6) is 0 Å². The number of carbonyl (C=O) groups excluding carboxylic acids is 1. The lowest BCUT2D eigenvalue weighted by molar-refractivity contribution is 0.0498. The van der Waals surface area contributed by atoms with Crippen molar-refractivity contribution in [3.8, 4) is 0 Å². The summed E-state index contributed by atoms with van der Waals surface area (Å²) in [6, 6.07) is 6.71. The Kier molecular flexibility index (Phi) is 5.19. The highest BCUT2D eigenvalue weighted by atomic mass is 35.5. The molecule has 0 saturated heterocycles. The minimum Gasteiger partial charge on any atom is -0.462 e. The Morgan fingerprint density at radius 3 is 2.53 bits per heavy atom. The van der Waals surface area contributed by atoms with Gasteiger partial charge in [0, 0.05) is 5.02 Å². The standard InChI is InChI=1S/C12H15ClO2/c1-2-3-4-9-15-12(14)10-5-7-11(13)8-6-10/h5-8H,2-4,9H2,1H3. The van der Waals surface area contributed by atoms with Crippen LogP contribution in [0.2, 0.25) is 5.02 Å². The second-order valence-electron chi connectivity index (χ2n) is 3.35. The average Bonchev–Trinajstić information content (AvgIpc) is 2.25. The normalized spacial score (nSPS) is 10.0. The lowest BCUT2D eigenvalue weighted by Crippen LogP contribution is -2.06. The lowest BCUT2D eigenvalue weighted by atomic mass is 10.2. The number of hydrogen-bond donors (Lipinski definition) is 0. The molecule has 0 bridgehead atoms. The largest absolute Gasteiger partial charge is 0.462 e. The molecule has 3 heteroatoms. The van der Waals surface area contributed by atoms with E-state index in [0.717, 1.165) is 19.3 Å². The van der Waals surface area contributed by atoms with Crippen LogP contribution in [-0.4, -0.2) is 12.6 Å². The summed E-state index contributed by atoms with van der Waals surface area (Å²) in [5.74, 6) is -0.275. The Balaban J connectivity index is 2.37. The van der Waals surface area contributed by atoms with E-state index in [1.165, 1.54) is 0 Å². The lowest BCUT2D eigenvalue weighted by Gasteiger charge is -2.03. The zero-order valence-electron chi connectivity index (χ0n) is 8.83. The van der Waals surface area contributed by atoms with Gasteiger partial charge in [0.2, 0.25) is 0 Å². The Morgan fingerprint density at radius 1 is 1.27 bits per heavy atom. The molecule has 1 aromatic carbocycles. The molecule has 0 saturated carbocycles. The molecule has 0 fully saturated rings. The van der Waals surface area contributed by atoms with Crippen molar-refractivity contribution in [2.75, 3.05) is 6.61 Å². The molecule has 1 aromatic rings. The van der Waals surface area contributed by atoms with Gasteiger partial charge in [-0.3, -0.25) is 0 Å². The highest BCUT2D eigenvalue weighted by Crippen LogP contribution is 2.10. The van der Waals surface area contributed by atoms with Crippen molar-refractivity contribution in [2.24, 2.45) is 0 Å². The number of unbranched alkanes of at least 4 members (excludes halogenated alkanes) is 2. The molecule has 0 atom stereocenters. The number of ether oxygens (including phenoxy) is 1. The van der Waals surface area contributed by atoms with Gasteiger partial charge in [-0.15, -0.1) is 0 Å². The van der Waals surface area contributed by atoms with Gasteiger partial charge in [-0.2, -0.15) is 0 Å². The molecular weight excluding hydrogens is 212 g/mol. The Labute approximate surface area is 95.2 Å². The number of esters is 1. The summed E-state index contributed by atoms with van der Waals surface area (Å²) in [6.45, 7) is 2.61. The van der Waals surface area contributed by atoms with Gasteiger partial charge in [-0.1, -0.05) is 31.4 Å². The number of carbonyl (C=O) groups is 1. The molecule has 0 radical (unpaired) electrons. The van der Waals surface area contributed by atoms with E-state index in [1.807, 2.05) is 0 Å². The number of benzene rings is 1. The van der Waals surface area contributed by atoms with E-state index in [4.69, 9.17) is 16.3 Å². The first-order chi connectivity index (χ1) is 7.24. The van der Waals surface area contributed by atoms with Gasteiger partial charge >= 0.3 is 5.97 Å². The van der Waals surface area contributed by atoms with E-state index in [0.29, 0.717) is 17.2 Å². The minimum atomic E-state index is -0.275. The smallest absolute Gasteiger partial charge is 0.338 e. The maximum absolute atomic E-state index is 11.5. The maximum Gasteiger partial charge on any atom is 0.338 e. The van der Waals surface area contributed by atoms with E-state index in [-0.39, 0.29) is 5.97 Å². The molecule has 0 amide bonds. The summed E-state index contributed by atoms with van der Waals surface area (Å²) in [5, 5.41) is 0.623. The van der Waals surface area contributed by atoms with Crippen molar-refractivity contribution in [3.63, 3.8) is 0 Å². The zero-order valence-corrected chi connectivity index (χ0v) is 9.59.